The minimum absolute atomic E-state index is 0.154. The Hall–Kier alpha value is -3.14. The van der Waals surface area contributed by atoms with Crippen molar-refractivity contribution in [3.63, 3.8) is 0 Å². The molecule has 6 rings (SSSR count). The van der Waals surface area contributed by atoms with Gasteiger partial charge in [-0.3, -0.25) is 0 Å². The van der Waals surface area contributed by atoms with E-state index in [-0.39, 0.29) is 12.2 Å². The molecule has 2 aliphatic rings. The molecule has 3 heteroatoms. The van der Waals surface area contributed by atoms with E-state index in [4.69, 9.17) is 9.47 Å². The van der Waals surface area contributed by atoms with Gasteiger partial charge < -0.3 is 14.6 Å². The van der Waals surface area contributed by atoms with Crippen LogP contribution in [0.3, 0.4) is 0 Å². The van der Waals surface area contributed by atoms with Crippen molar-refractivity contribution in [2.24, 2.45) is 5.41 Å². The lowest BCUT2D eigenvalue weighted by Crippen LogP contribution is -2.70. The normalized spacial score (nSPS) is 24.4. The Kier molecular flexibility index (Phi) is 4.30. The van der Waals surface area contributed by atoms with Gasteiger partial charge in [0.2, 0.25) is 0 Å². The van der Waals surface area contributed by atoms with Crippen molar-refractivity contribution in [2.45, 2.75) is 31.3 Å². The lowest BCUT2D eigenvalue weighted by atomic mass is 9.35. The molecule has 4 aromatic rings. The summed E-state index contributed by atoms with van der Waals surface area (Å²) in [5, 5.41) is 15.1. The lowest BCUT2D eigenvalue weighted by Gasteiger charge is -2.69. The third kappa shape index (κ3) is 2.41. The molecule has 3 nitrogen and oxygen atoms in total. The quantitative estimate of drug-likeness (QED) is 0.376. The average Bonchev–Trinajstić information content (AvgIpc) is 2.84. The molecule has 166 valence electrons. The largest absolute Gasteiger partial charge is 0.467 e. The van der Waals surface area contributed by atoms with Crippen molar-refractivity contribution >= 4 is 10.8 Å². The molecule has 1 fully saturated rings. The van der Waals surface area contributed by atoms with Crippen LogP contribution in [0.15, 0.2) is 84.9 Å². The van der Waals surface area contributed by atoms with Gasteiger partial charge in [0.15, 0.2) is 6.79 Å². The fourth-order valence-electron chi connectivity index (χ4n) is 6.74. The average molecular weight is 437 g/mol. The minimum atomic E-state index is -1.10. The predicted octanol–water partition coefficient (Wildman–Crippen LogP) is 6.41. The Bertz CT molecular complexity index is 1390. The molecule has 2 atom stereocenters. The summed E-state index contributed by atoms with van der Waals surface area (Å²) in [5.41, 5.74) is 3.41. The summed E-state index contributed by atoms with van der Waals surface area (Å²) in [6.07, 6.45) is 0.805. The standard InChI is InChI=1S/C30H28O3/c1-28(2)18-29(27-21-11-5-4-10-20(21)16-17-26(27)33-19-32-3)24-14-8-6-12-22(24)23-13-7-9-15-25(23)30(28,29)31/h4-17,31H,18-19H2,1-3H3. The first-order chi connectivity index (χ1) is 16.0. The number of ether oxygens (including phenoxy) is 2. The molecular formula is C30H28O3. The first-order valence-corrected chi connectivity index (χ1v) is 11.5. The second-order valence-corrected chi connectivity index (χ2v) is 9.98. The van der Waals surface area contributed by atoms with Gasteiger partial charge in [0, 0.05) is 18.1 Å². The highest BCUT2D eigenvalue weighted by Crippen LogP contribution is 2.75. The molecule has 2 unspecified atom stereocenters. The van der Waals surface area contributed by atoms with Crippen LogP contribution in [-0.4, -0.2) is 19.0 Å². The Morgan fingerprint density at radius 3 is 2.15 bits per heavy atom. The zero-order chi connectivity index (χ0) is 22.8. The molecule has 0 bridgehead atoms. The van der Waals surface area contributed by atoms with Gasteiger partial charge in [-0.25, -0.2) is 0 Å². The first-order valence-electron chi connectivity index (χ1n) is 11.5. The molecule has 0 aliphatic heterocycles. The molecule has 4 aromatic carbocycles. The van der Waals surface area contributed by atoms with Crippen LogP contribution in [0.4, 0.5) is 0 Å². The molecule has 2 aliphatic carbocycles. The van der Waals surface area contributed by atoms with E-state index in [9.17, 15) is 5.11 Å². The van der Waals surface area contributed by atoms with E-state index >= 15 is 0 Å². The van der Waals surface area contributed by atoms with Gasteiger partial charge in [0.25, 0.3) is 0 Å². The van der Waals surface area contributed by atoms with E-state index < -0.39 is 11.0 Å². The summed E-state index contributed by atoms with van der Waals surface area (Å²) in [4.78, 5) is 0. The van der Waals surface area contributed by atoms with Crippen molar-refractivity contribution in [3.8, 4) is 16.9 Å². The zero-order valence-electron chi connectivity index (χ0n) is 19.3. The Morgan fingerprint density at radius 2 is 1.42 bits per heavy atom. The van der Waals surface area contributed by atoms with Gasteiger partial charge in [0.1, 0.15) is 11.4 Å². The van der Waals surface area contributed by atoms with Crippen LogP contribution in [0.2, 0.25) is 0 Å². The van der Waals surface area contributed by atoms with E-state index in [1.54, 1.807) is 7.11 Å². The maximum absolute atomic E-state index is 12.9. The molecular weight excluding hydrogens is 408 g/mol. The molecule has 0 saturated heterocycles. The van der Waals surface area contributed by atoms with E-state index in [1.807, 2.05) is 12.1 Å². The number of benzene rings is 4. The topological polar surface area (TPSA) is 38.7 Å². The number of fused-ring (bicyclic) bond motifs is 7. The smallest absolute Gasteiger partial charge is 0.188 e. The van der Waals surface area contributed by atoms with Gasteiger partial charge >= 0.3 is 0 Å². The fraction of sp³-hybridized carbons (Fsp3) is 0.267. The van der Waals surface area contributed by atoms with Crippen LogP contribution in [-0.2, 0) is 15.8 Å². The van der Waals surface area contributed by atoms with Gasteiger partial charge in [-0.2, -0.15) is 0 Å². The number of hydrogen-bond donors (Lipinski definition) is 1. The Morgan fingerprint density at radius 1 is 0.788 bits per heavy atom. The zero-order valence-corrected chi connectivity index (χ0v) is 19.3. The number of rotatable bonds is 4. The highest BCUT2D eigenvalue weighted by Gasteiger charge is 2.74. The van der Waals surface area contributed by atoms with E-state index in [0.29, 0.717) is 0 Å². The van der Waals surface area contributed by atoms with Crippen LogP contribution in [0.5, 0.6) is 5.75 Å². The predicted molar refractivity (Wildman–Crippen MR) is 131 cm³/mol. The summed E-state index contributed by atoms with van der Waals surface area (Å²) < 4.78 is 11.5. The van der Waals surface area contributed by atoms with Gasteiger partial charge in [-0.15, -0.1) is 0 Å². The van der Waals surface area contributed by atoms with Crippen molar-refractivity contribution in [3.05, 3.63) is 102 Å². The van der Waals surface area contributed by atoms with Crippen LogP contribution >= 0.6 is 0 Å². The van der Waals surface area contributed by atoms with Crippen molar-refractivity contribution in [2.75, 3.05) is 13.9 Å². The lowest BCUT2D eigenvalue weighted by molar-refractivity contribution is -0.216. The van der Waals surface area contributed by atoms with Crippen LogP contribution in [0.1, 0.15) is 37.0 Å². The third-order valence-electron chi connectivity index (χ3n) is 7.95. The summed E-state index contributed by atoms with van der Waals surface area (Å²) in [6.45, 7) is 4.51. The molecule has 1 N–H and O–H groups in total. The third-order valence-corrected chi connectivity index (χ3v) is 7.95. The summed E-state index contributed by atoms with van der Waals surface area (Å²) >= 11 is 0. The number of hydrogen-bond acceptors (Lipinski definition) is 3. The summed E-state index contributed by atoms with van der Waals surface area (Å²) in [6, 6.07) is 29.4. The second-order valence-electron chi connectivity index (χ2n) is 9.98. The Labute approximate surface area is 194 Å². The molecule has 0 spiro atoms. The van der Waals surface area contributed by atoms with Crippen molar-refractivity contribution in [1.82, 2.24) is 0 Å². The van der Waals surface area contributed by atoms with Crippen molar-refractivity contribution in [1.29, 1.82) is 0 Å². The summed E-state index contributed by atoms with van der Waals surface area (Å²) in [7, 11) is 1.63. The van der Waals surface area contributed by atoms with Crippen LogP contribution < -0.4 is 4.74 Å². The summed E-state index contributed by atoms with van der Waals surface area (Å²) in [5.74, 6) is 0.763. The maximum Gasteiger partial charge on any atom is 0.188 e. The monoisotopic (exact) mass is 436 g/mol. The van der Waals surface area contributed by atoms with E-state index in [2.05, 4.69) is 86.6 Å². The van der Waals surface area contributed by atoms with Crippen LogP contribution in [0.25, 0.3) is 21.9 Å². The van der Waals surface area contributed by atoms with Crippen molar-refractivity contribution < 1.29 is 14.6 Å². The first kappa shape index (κ1) is 20.5. The van der Waals surface area contributed by atoms with E-state index in [1.165, 1.54) is 5.56 Å². The SMILES string of the molecule is COCOc1ccc2ccccc2c1C12CC(C)(C)C1(O)c1ccccc1-c1ccccc12. The minimum Gasteiger partial charge on any atom is -0.467 e. The molecule has 0 aromatic heterocycles. The molecule has 0 heterocycles. The highest BCUT2D eigenvalue weighted by atomic mass is 16.7. The highest BCUT2D eigenvalue weighted by molar-refractivity contribution is 5.92. The van der Waals surface area contributed by atoms with E-state index in [0.717, 1.165) is 45.2 Å². The Balaban J connectivity index is 1.78. The number of methoxy groups -OCH3 is 1. The second kappa shape index (κ2) is 6.93. The molecule has 33 heavy (non-hydrogen) atoms. The molecule has 0 radical (unpaired) electrons. The fourth-order valence-corrected chi connectivity index (χ4v) is 6.74. The number of aliphatic hydroxyl groups is 1. The molecule has 1 saturated carbocycles. The van der Waals surface area contributed by atoms with Gasteiger partial charge in [-0.1, -0.05) is 92.7 Å². The van der Waals surface area contributed by atoms with Gasteiger partial charge in [-0.05, 0) is 45.5 Å². The van der Waals surface area contributed by atoms with Gasteiger partial charge in [0.05, 0.1) is 5.41 Å². The van der Waals surface area contributed by atoms with Crippen LogP contribution in [0, 0.1) is 5.41 Å². The molecule has 0 amide bonds. The maximum atomic E-state index is 12.9.